The number of methoxy groups -OCH3 is 1. The summed E-state index contributed by atoms with van der Waals surface area (Å²) >= 11 is 0. The Morgan fingerprint density at radius 2 is 2.10 bits per heavy atom. The molecule has 1 aromatic carbocycles. The fourth-order valence-corrected chi connectivity index (χ4v) is 3.17. The van der Waals surface area contributed by atoms with E-state index in [1.165, 1.54) is 0 Å². The van der Waals surface area contributed by atoms with Gasteiger partial charge in [0.25, 0.3) is 0 Å². The second-order valence-corrected chi connectivity index (χ2v) is 7.23. The Hall–Kier alpha value is -1.85. The van der Waals surface area contributed by atoms with E-state index in [1.807, 2.05) is 41.2 Å². The Kier molecular flexibility index (Phi) is 11.7. The average molecular weight is 543 g/mol. The Morgan fingerprint density at radius 3 is 2.81 bits per heavy atom. The summed E-state index contributed by atoms with van der Waals surface area (Å²) in [5, 5.41) is 11.2. The van der Waals surface area contributed by atoms with Crippen molar-refractivity contribution in [3.8, 4) is 11.4 Å². The van der Waals surface area contributed by atoms with Crippen LogP contribution >= 0.6 is 24.0 Å². The minimum atomic E-state index is 0. The molecule has 1 fully saturated rings. The molecule has 1 aliphatic rings. The molecule has 172 valence electrons. The Labute approximate surface area is 201 Å². The first kappa shape index (κ1) is 25.4. The lowest BCUT2D eigenvalue weighted by molar-refractivity contribution is 0.0888. The first-order chi connectivity index (χ1) is 14.8. The highest BCUT2D eigenvalue weighted by atomic mass is 127. The van der Waals surface area contributed by atoms with Gasteiger partial charge < -0.3 is 24.8 Å². The van der Waals surface area contributed by atoms with Gasteiger partial charge in [-0.1, -0.05) is 0 Å². The summed E-state index contributed by atoms with van der Waals surface area (Å²) in [4.78, 5) is 4.64. The van der Waals surface area contributed by atoms with Crippen molar-refractivity contribution >= 4 is 29.9 Å². The lowest BCUT2D eigenvalue weighted by Gasteiger charge is -2.12. The van der Waals surface area contributed by atoms with Crippen molar-refractivity contribution in [3.63, 3.8) is 0 Å². The fraction of sp³-hybridized carbons (Fsp3) is 0.545. The predicted octanol–water partition coefficient (Wildman–Crippen LogP) is 3.00. The number of ether oxygens (including phenoxy) is 3. The van der Waals surface area contributed by atoms with Crippen LogP contribution in [0.4, 0.5) is 0 Å². The lowest BCUT2D eigenvalue weighted by atomic mass is 10.1. The SMILES string of the molecule is CCNC(=NCc1ccn(-c2ccc(OC)cc2)n1)NCCCOCC1CCOC1.I. The molecule has 0 radical (unpaired) electrons. The number of rotatable bonds is 11. The van der Waals surface area contributed by atoms with Crippen LogP contribution in [-0.4, -0.2) is 62.4 Å². The van der Waals surface area contributed by atoms with Gasteiger partial charge in [0, 0.05) is 38.4 Å². The molecule has 2 heterocycles. The van der Waals surface area contributed by atoms with Crippen LogP contribution in [0.1, 0.15) is 25.5 Å². The normalized spacial score (nSPS) is 16.1. The third kappa shape index (κ3) is 8.66. The van der Waals surface area contributed by atoms with Crippen molar-refractivity contribution in [1.29, 1.82) is 0 Å². The summed E-state index contributed by atoms with van der Waals surface area (Å²) in [7, 11) is 1.66. The highest BCUT2D eigenvalue weighted by Crippen LogP contribution is 2.15. The molecule has 1 atom stereocenters. The molecular weight excluding hydrogens is 509 g/mol. The van der Waals surface area contributed by atoms with Gasteiger partial charge in [-0.05, 0) is 50.1 Å². The summed E-state index contributed by atoms with van der Waals surface area (Å²) in [6.45, 7) is 7.44. The summed E-state index contributed by atoms with van der Waals surface area (Å²) < 4.78 is 18.2. The largest absolute Gasteiger partial charge is 0.497 e. The third-order valence-electron chi connectivity index (χ3n) is 4.86. The van der Waals surface area contributed by atoms with Gasteiger partial charge >= 0.3 is 0 Å². The van der Waals surface area contributed by atoms with Crippen molar-refractivity contribution in [3.05, 3.63) is 42.2 Å². The van der Waals surface area contributed by atoms with E-state index in [1.54, 1.807) is 7.11 Å². The third-order valence-corrected chi connectivity index (χ3v) is 4.86. The van der Waals surface area contributed by atoms with Crippen LogP contribution in [0.5, 0.6) is 5.75 Å². The van der Waals surface area contributed by atoms with Crippen LogP contribution in [0.3, 0.4) is 0 Å². The lowest BCUT2D eigenvalue weighted by Crippen LogP contribution is -2.38. The predicted molar refractivity (Wildman–Crippen MR) is 133 cm³/mol. The molecule has 8 nitrogen and oxygen atoms in total. The summed E-state index contributed by atoms with van der Waals surface area (Å²) in [5.74, 6) is 2.19. The van der Waals surface area contributed by atoms with Gasteiger partial charge in [0.15, 0.2) is 5.96 Å². The van der Waals surface area contributed by atoms with Gasteiger partial charge in [-0.2, -0.15) is 5.10 Å². The van der Waals surface area contributed by atoms with Gasteiger partial charge in [-0.15, -0.1) is 24.0 Å². The molecule has 2 N–H and O–H groups in total. The number of hydrogen-bond donors (Lipinski definition) is 2. The zero-order valence-electron chi connectivity index (χ0n) is 18.4. The van der Waals surface area contributed by atoms with Gasteiger partial charge in [0.1, 0.15) is 5.75 Å². The Bertz CT molecular complexity index is 776. The van der Waals surface area contributed by atoms with Crippen LogP contribution in [0.25, 0.3) is 5.69 Å². The standard InChI is InChI=1S/C22H33N5O3.HI/c1-3-23-22(24-11-4-13-29-16-18-10-14-30-17-18)25-15-19-9-12-27(26-19)20-5-7-21(28-2)8-6-20;/h5-9,12,18H,3-4,10-11,13-17H2,1-2H3,(H2,23,24,25);1H. The maximum atomic E-state index is 5.75. The van der Waals surface area contributed by atoms with E-state index in [9.17, 15) is 0 Å². The number of aromatic nitrogens is 2. The maximum Gasteiger partial charge on any atom is 0.191 e. The van der Waals surface area contributed by atoms with Crippen LogP contribution in [0.2, 0.25) is 0 Å². The van der Waals surface area contributed by atoms with Crippen LogP contribution in [-0.2, 0) is 16.0 Å². The summed E-state index contributed by atoms with van der Waals surface area (Å²) in [6.07, 6.45) is 3.99. The quantitative estimate of drug-likeness (QED) is 0.196. The molecule has 1 aromatic heterocycles. The average Bonchev–Trinajstić information content (AvgIpc) is 3.46. The van der Waals surface area contributed by atoms with Gasteiger partial charge in [-0.25, -0.2) is 9.67 Å². The first-order valence-electron chi connectivity index (χ1n) is 10.6. The molecule has 0 amide bonds. The summed E-state index contributed by atoms with van der Waals surface area (Å²) in [6, 6.07) is 9.79. The topological polar surface area (TPSA) is 81.9 Å². The zero-order chi connectivity index (χ0) is 21.0. The highest BCUT2D eigenvalue weighted by Gasteiger charge is 2.15. The van der Waals surface area contributed by atoms with Crippen molar-refractivity contribution in [2.45, 2.75) is 26.3 Å². The molecule has 3 rings (SSSR count). The zero-order valence-corrected chi connectivity index (χ0v) is 20.7. The minimum absolute atomic E-state index is 0. The molecule has 1 aliphatic heterocycles. The number of benzene rings is 1. The van der Waals surface area contributed by atoms with Crippen molar-refractivity contribution < 1.29 is 14.2 Å². The van der Waals surface area contributed by atoms with E-state index in [-0.39, 0.29) is 24.0 Å². The number of guanidine groups is 1. The molecule has 1 unspecified atom stereocenters. The number of nitrogens with zero attached hydrogens (tertiary/aromatic N) is 3. The van der Waals surface area contributed by atoms with E-state index in [4.69, 9.17) is 14.2 Å². The Balaban J connectivity index is 0.00000341. The molecule has 31 heavy (non-hydrogen) atoms. The van der Waals surface area contributed by atoms with E-state index in [0.717, 1.165) is 75.4 Å². The number of hydrogen-bond acceptors (Lipinski definition) is 5. The number of nitrogens with one attached hydrogen (secondary N) is 2. The van der Waals surface area contributed by atoms with Crippen LogP contribution in [0.15, 0.2) is 41.5 Å². The van der Waals surface area contributed by atoms with E-state index in [2.05, 4.69) is 27.6 Å². The Morgan fingerprint density at radius 1 is 1.26 bits per heavy atom. The van der Waals surface area contributed by atoms with E-state index < -0.39 is 0 Å². The van der Waals surface area contributed by atoms with Gasteiger partial charge in [-0.3, -0.25) is 0 Å². The van der Waals surface area contributed by atoms with Gasteiger partial charge in [0.05, 0.1) is 38.2 Å². The minimum Gasteiger partial charge on any atom is -0.497 e. The van der Waals surface area contributed by atoms with Crippen molar-refractivity contribution in [2.75, 3.05) is 46.6 Å². The van der Waals surface area contributed by atoms with Crippen LogP contribution in [0, 0.1) is 5.92 Å². The molecule has 0 saturated carbocycles. The van der Waals surface area contributed by atoms with Crippen molar-refractivity contribution in [1.82, 2.24) is 20.4 Å². The molecular formula is C22H34IN5O3. The molecule has 0 aliphatic carbocycles. The maximum absolute atomic E-state index is 5.75. The second kappa shape index (κ2) is 14.3. The van der Waals surface area contributed by atoms with E-state index in [0.29, 0.717) is 12.5 Å². The number of halogens is 1. The van der Waals surface area contributed by atoms with Gasteiger partial charge in [0.2, 0.25) is 0 Å². The molecule has 2 aromatic rings. The number of aliphatic imine (C=N–C) groups is 1. The molecule has 1 saturated heterocycles. The monoisotopic (exact) mass is 543 g/mol. The molecule has 9 heteroatoms. The summed E-state index contributed by atoms with van der Waals surface area (Å²) in [5.41, 5.74) is 1.89. The second-order valence-electron chi connectivity index (χ2n) is 7.23. The smallest absolute Gasteiger partial charge is 0.191 e. The first-order valence-corrected chi connectivity index (χ1v) is 10.6. The highest BCUT2D eigenvalue weighted by molar-refractivity contribution is 14.0. The molecule has 0 bridgehead atoms. The molecule has 0 spiro atoms. The van der Waals surface area contributed by atoms with Crippen molar-refractivity contribution in [2.24, 2.45) is 10.9 Å². The fourth-order valence-electron chi connectivity index (χ4n) is 3.17. The van der Waals surface area contributed by atoms with E-state index >= 15 is 0 Å². The van der Waals surface area contributed by atoms with Crippen LogP contribution < -0.4 is 15.4 Å².